The molecular weight excluding hydrogens is 328 g/mol. The van der Waals surface area contributed by atoms with Gasteiger partial charge in [-0.3, -0.25) is 4.79 Å². The van der Waals surface area contributed by atoms with Gasteiger partial charge in [0.25, 0.3) is 0 Å². The van der Waals surface area contributed by atoms with E-state index in [9.17, 15) is 24.6 Å². The Balaban J connectivity index is 4.68. The van der Waals surface area contributed by atoms with Crippen LogP contribution >= 0.6 is 0 Å². The summed E-state index contributed by atoms with van der Waals surface area (Å²) in [6.45, 7) is 4.88. The van der Waals surface area contributed by atoms with Crippen LogP contribution in [0.25, 0.3) is 0 Å². The van der Waals surface area contributed by atoms with Crippen LogP contribution in [0.4, 0.5) is 0 Å². The SMILES string of the molecule is CCCCCCOC(=O)CC(C(=O)O)=C(CCOCCCC)C(=O)O. The highest BCUT2D eigenvalue weighted by Gasteiger charge is 2.23. The molecule has 7 heteroatoms. The summed E-state index contributed by atoms with van der Waals surface area (Å²) in [4.78, 5) is 34.5. The van der Waals surface area contributed by atoms with Crippen molar-refractivity contribution in [2.45, 2.75) is 65.2 Å². The molecule has 0 saturated carbocycles. The molecule has 25 heavy (non-hydrogen) atoms. The summed E-state index contributed by atoms with van der Waals surface area (Å²) in [6, 6.07) is 0. The highest BCUT2D eigenvalue weighted by molar-refractivity contribution is 6.01. The Morgan fingerprint density at radius 1 is 0.760 bits per heavy atom. The van der Waals surface area contributed by atoms with Crippen molar-refractivity contribution in [1.29, 1.82) is 0 Å². The maximum absolute atomic E-state index is 11.8. The van der Waals surface area contributed by atoms with Crippen LogP contribution in [0.2, 0.25) is 0 Å². The first-order valence-electron chi connectivity index (χ1n) is 8.85. The number of unbranched alkanes of at least 4 members (excludes halogenated alkanes) is 4. The number of carboxylic acid groups (broad SMARTS) is 2. The Morgan fingerprint density at radius 2 is 1.40 bits per heavy atom. The summed E-state index contributed by atoms with van der Waals surface area (Å²) in [7, 11) is 0. The molecule has 0 radical (unpaired) electrons. The third-order valence-electron chi connectivity index (χ3n) is 3.60. The van der Waals surface area contributed by atoms with Crippen LogP contribution in [-0.2, 0) is 23.9 Å². The Bertz CT molecular complexity index is 454. The van der Waals surface area contributed by atoms with Gasteiger partial charge in [0.2, 0.25) is 0 Å². The van der Waals surface area contributed by atoms with E-state index in [0.717, 1.165) is 32.1 Å². The number of hydrogen-bond donors (Lipinski definition) is 2. The molecule has 0 aliphatic heterocycles. The van der Waals surface area contributed by atoms with Gasteiger partial charge in [0.05, 0.1) is 30.8 Å². The Morgan fingerprint density at radius 3 is 1.96 bits per heavy atom. The summed E-state index contributed by atoms with van der Waals surface area (Å²) < 4.78 is 10.3. The molecule has 0 spiro atoms. The van der Waals surface area contributed by atoms with E-state index < -0.39 is 29.9 Å². The molecule has 0 heterocycles. The molecule has 0 aromatic rings. The highest BCUT2D eigenvalue weighted by atomic mass is 16.5. The van der Waals surface area contributed by atoms with E-state index in [1.807, 2.05) is 6.92 Å². The van der Waals surface area contributed by atoms with Gasteiger partial charge in [-0.25, -0.2) is 9.59 Å². The van der Waals surface area contributed by atoms with Crippen LogP contribution < -0.4 is 0 Å². The number of carbonyl (C=O) groups excluding carboxylic acids is 1. The molecule has 2 N–H and O–H groups in total. The summed E-state index contributed by atoms with van der Waals surface area (Å²) >= 11 is 0. The van der Waals surface area contributed by atoms with Crippen molar-refractivity contribution in [1.82, 2.24) is 0 Å². The molecule has 0 unspecified atom stereocenters. The fourth-order valence-corrected chi connectivity index (χ4v) is 2.13. The van der Waals surface area contributed by atoms with Crippen LogP contribution in [0, 0.1) is 0 Å². The van der Waals surface area contributed by atoms with E-state index in [0.29, 0.717) is 13.0 Å². The van der Waals surface area contributed by atoms with E-state index in [2.05, 4.69) is 6.92 Å². The summed E-state index contributed by atoms with van der Waals surface area (Å²) in [5.41, 5.74) is -0.753. The number of ether oxygens (including phenoxy) is 2. The fourth-order valence-electron chi connectivity index (χ4n) is 2.13. The lowest BCUT2D eigenvalue weighted by Crippen LogP contribution is -2.17. The minimum atomic E-state index is -1.42. The molecule has 0 bridgehead atoms. The van der Waals surface area contributed by atoms with Gasteiger partial charge in [0.1, 0.15) is 0 Å². The standard InChI is InChI=1S/C18H30O7/c1-3-5-7-8-11-25-16(19)13-15(18(22)23)14(17(20)21)9-12-24-10-6-4-2/h3-13H2,1-2H3,(H,20,21)(H,22,23). The molecule has 144 valence electrons. The van der Waals surface area contributed by atoms with Crippen LogP contribution in [0.15, 0.2) is 11.1 Å². The van der Waals surface area contributed by atoms with E-state index in [1.165, 1.54) is 0 Å². The van der Waals surface area contributed by atoms with Gasteiger partial charge in [-0.2, -0.15) is 0 Å². The quantitative estimate of drug-likeness (QED) is 0.263. The lowest BCUT2D eigenvalue weighted by molar-refractivity contribution is -0.145. The first-order valence-corrected chi connectivity index (χ1v) is 8.85. The van der Waals surface area contributed by atoms with Crippen LogP contribution in [0.5, 0.6) is 0 Å². The molecular formula is C18H30O7. The smallest absolute Gasteiger partial charge is 0.332 e. The Hall–Kier alpha value is -1.89. The Kier molecular flexibility index (Phi) is 13.4. The van der Waals surface area contributed by atoms with Crippen molar-refractivity contribution >= 4 is 17.9 Å². The van der Waals surface area contributed by atoms with E-state index in [1.54, 1.807) is 0 Å². The molecule has 0 atom stereocenters. The maximum Gasteiger partial charge on any atom is 0.332 e. The second kappa shape index (κ2) is 14.5. The summed E-state index contributed by atoms with van der Waals surface area (Å²) in [5, 5.41) is 18.5. The predicted octanol–water partition coefficient (Wildman–Crippen LogP) is 3.17. The van der Waals surface area contributed by atoms with E-state index in [4.69, 9.17) is 9.47 Å². The molecule has 0 rings (SSSR count). The molecule has 0 aliphatic rings. The normalized spacial score (nSPS) is 11.8. The van der Waals surface area contributed by atoms with Crippen LogP contribution in [-0.4, -0.2) is 47.9 Å². The second-order valence-electron chi connectivity index (χ2n) is 5.74. The average molecular weight is 358 g/mol. The number of carbonyl (C=O) groups is 3. The fraction of sp³-hybridized carbons (Fsp3) is 0.722. The maximum atomic E-state index is 11.8. The van der Waals surface area contributed by atoms with Crippen molar-refractivity contribution in [2.75, 3.05) is 19.8 Å². The molecule has 7 nitrogen and oxygen atoms in total. The molecule has 0 amide bonds. The zero-order valence-corrected chi connectivity index (χ0v) is 15.2. The molecule has 0 aromatic carbocycles. The molecule has 0 saturated heterocycles. The van der Waals surface area contributed by atoms with Gasteiger partial charge in [-0.05, 0) is 12.8 Å². The third-order valence-corrected chi connectivity index (χ3v) is 3.60. The Labute approximate surface area is 149 Å². The summed E-state index contributed by atoms with van der Waals surface area (Å²) in [5.74, 6) is -3.50. The third kappa shape index (κ3) is 11.3. The zero-order chi connectivity index (χ0) is 19.1. The van der Waals surface area contributed by atoms with Crippen molar-refractivity contribution in [3.8, 4) is 0 Å². The topological polar surface area (TPSA) is 110 Å². The first-order chi connectivity index (χ1) is 11.9. The van der Waals surface area contributed by atoms with Crippen molar-refractivity contribution in [3.05, 3.63) is 11.1 Å². The van der Waals surface area contributed by atoms with E-state index >= 15 is 0 Å². The zero-order valence-electron chi connectivity index (χ0n) is 15.2. The predicted molar refractivity (Wildman–Crippen MR) is 92.4 cm³/mol. The van der Waals surface area contributed by atoms with Gasteiger partial charge in [0, 0.05) is 13.0 Å². The van der Waals surface area contributed by atoms with Crippen molar-refractivity contribution in [2.24, 2.45) is 0 Å². The number of carboxylic acids is 2. The van der Waals surface area contributed by atoms with Crippen molar-refractivity contribution < 1.29 is 34.1 Å². The molecule has 0 aliphatic carbocycles. The van der Waals surface area contributed by atoms with Gasteiger partial charge in [0.15, 0.2) is 0 Å². The number of esters is 1. The average Bonchev–Trinajstić information content (AvgIpc) is 2.56. The lowest BCUT2D eigenvalue weighted by Gasteiger charge is -2.10. The van der Waals surface area contributed by atoms with Crippen LogP contribution in [0.3, 0.4) is 0 Å². The first kappa shape index (κ1) is 23.1. The molecule has 0 aromatic heterocycles. The van der Waals surface area contributed by atoms with E-state index in [-0.39, 0.29) is 25.2 Å². The highest BCUT2D eigenvalue weighted by Crippen LogP contribution is 2.15. The largest absolute Gasteiger partial charge is 0.478 e. The lowest BCUT2D eigenvalue weighted by atomic mass is 10.0. The van der Waals surface area contributed by atoms with Gasteiger partial charge in [-0.15, -0.1) is 0 Å². The minimum absolute atomic E-state index is 0.0650. The van der Waals surface area contributed by atoms with Crippen LogP contribution in [0.1, 0.15) is 65.2 Å². The minimum Gasteiger partial charge on any atom is -0.478 e. The number of aliphatic carboxylic acids is 2. The second-order valence-corrected chi connectivity index (χ2v) is 5.74. The number of hydrogen-bond acceptors (Lipinski definition) is 5. The number of rotatable bonds is 15. The molecule has 0 fully saturated rings. The van der Waals surface area contributed by atoms with Gasteiger partial charge in [-0.1, -0.05) is 39.5 Å². The van der Waals surface area contributed by atoms with Gasteiger partial charge < -0.3 is 19.7 Å². The summed E-state index contributed by atoms with van der Waals surface area (Å²) in [6.07, 6.45) is 4.92. The van der Waals surface area contributed by atoms with Gasteiger partial charge >= 0.3 is 17.9 Å². The van der Waals surface area contributed by atoms with Crippen molar-refractivity contribution in [3.63, 3.8) is 0 Å². The monoisotopic (exact) mass is 358 g/mol.